The molecule has 1 aromatic carbocycles. The first kappa shape index (κ1) is 19.8. The van der Waals surface area contributed by atoms with Crippen LogP contribution in [0.2, 0.25) is 0 Å². The second-order valence-electron chi connectivity index (χ2n) is 7.97. The third-order valence-corrected chi connectivity index (χ3v) is 6.67. The van der Waals surface area contributed by atoms with E-state index in [2.05, 4.69) is 22.9 Å². The van der Waals surface area contributed by atoms with Crippen molar-refractivity contribution in [3.8, 4) is 5.75 Å². The highest BCUT2D eigenvalue weighted by molar-refractivity contribution is 5.91. The van der Waals surface area contributed by atoms with E-state index in [0.29, 0.717) is 11.5 Å². The number of piperidine rings is 1. The number of carbonyl (C=O) groups is 1. The van der Waals surface area contributed by atoms with Gasteiger partial charge >= 0.3 is 5.97 Å². The SMILES string of the molecule is CC[C@H]1CN2CCc3c([nH]c4cccc(OC)c34)C2CC1/C(=C\OC)C(=O)OC. The summed E-state index contributed by atoms with van der Waals surface area (Å²) in [5, 5.41) is 1.19. The van der Waals surface area contributed by atoms with Crippen LogP contribution < -0.4 is 4.74 Å². The van der Waals surface area contributed by atoms with Gasteiger partial charge in [0.1, 0.15) is 5.75 Å². The quantitative estimate of drug-likeness (QED) is 0.471. The lowest BCUT2D eigenvalue weighted by atomic mass is 9.74. The molecule has 1 N–H and O–H groups in total. The zero-order valence-electron chi connectivity index (χ0n) is 17.7. The van der Waals surface area contributed by atoms with E-state index in [1.54, 1.807) is 20.5 Å². The maximum Gasteiger partial charge on any atom is 0.337 e. The van der Waals surface area contributed by atoms with Crippen LogP contribution in [0.3, 0.4) is 0 Å². The summed E-state index contributed by atoms with van der Waals surface area (Å²) in [6.45, 7) is 4.19. The number of benzene rings is 1. The molecule has 0 bridgehead atoms. The average molecular weight is 399 g/mol. The molecule has 3 heterocycles. The molecule has 1 saturated heterocycles. The fourth-order valence-electron chi connectivity index (χ4n) is 5.28. The number of hydrogen-bond acceptors (Lipinski definition) is 5. The van der Waals surface area contributed by atoms with Crippen LogP contribution in [-0.4, -0.2) is 50.3 Å². The first-order valence-electron chi connectivity index (χ1n) is 10.4. The van der Waals surface area contributed by atoms with Gasteiger partial charge in [-0.3, -0.25) is 4.90 Å². The lowest BCUT2D eigenvalue weighted by Crippen LogP contribution is -2.47. The Hall–Kier alpha value is -2.47. The van der Waals surface area contributed by atoms with Crippen LogP contribution in [0.1, 0.15) is 37.1 Å². The highest BCUT2D eigenvalue weighted by Crippen LogP contribution is 2.47. The van der Waals surface area contributed by atoms with E-state index in [4.69, 9.17) is 14.2 Å². The lowest BCUT2D eigenvalue weighted by Gasteiger charge is -2.46. The van der Waals surface area contributed by atoms with Gasteiger partial charge in [-0.05, 0) is 42.4 Å². The van der Waals surface area contributed by atoms with Crippen molar-refractivity contribution in [2.75, 3.05) is 34.4 Å². The summed E-state index contributed by atoms with van der Waals surface area (Å²) in [5.74, 6) is 1.12. The van der Waals surface area contributed by atoms with E-state index in [-0.39, 0.29) is 17.9 Å². The molecule has 156 valence electrons. The summed E-state index contributed by atoms with van der Waals surface area (Å²) < 4.78 is 16.0. The van der Waals surface area contributed by atoms with Gasteiger partial charge in [0.25, 0.3) is 0 Å². The standard InChI is InChI=1S/C23H30N2O4/c1-5-14-12-25-10-9-15-21-18(7-6-8-20(21)28-3)24-22(15)19(25)11-16(14)17(13-27-2)23(26)29-4/h6-8,13-14,16,19,24H,5,9-12H2,1-4H3/b17-13+/t14-,16?,19?/m0/s1. The molecule has 2 aliphatic heterocycles. The topological polar surface area (TPSA) is 63.8 Å². The summed E-state index contributed by atoms with van der Waals surface area (Å²) in [7, 11) is 4.75. The Morgan fingerprint density at radius 1 is 1.31 bits per heavy atom. The monoisotopic (exact) mass is 398 g/mol. The second-order valence-corrected chi connectivity index (χ2v) is 7.97. The number of aromatic nitrogens is 1. The Morgan fingerprint density at radius 3 is 2.83 bits per heavy atom. The molecule has 1 aromatic heterocycles. The molecule has 2 unspecified atom stereocenters. The Kier molecular flexibility index (Phi) is 5.54. The van der Waals surface area contributed by atoms with E-state index in [1.165, 1.54) is 23.8 Å². The predicted molar refractivity (Wildman–Crippen MR) is 112 cm³/mol. The Bertz CT molecular complexity index is 932. The molecule has 6 nitrogen and oxygen atoms in total. The van der Waals surface area contributed by atoms with Crippen molar-refractivity contribution in [3.63, 3.8) is 0 Å². The number of carbonyl (C=O) groups excluding carboxylic acids is 1. The van der Waals surface area contributed by atoms with Crippen molar-refractivity contribution >= 4 is 16.9 Å². The molecule has 29 heavy (non-hydrogen) atoms. The van der Waals surface area contributed by atoms with E-state index in [0.717, 1.165) is 43.6 Å². The number of esters is 1. The van der Waals surface area contributed by atoms with Crippen molar-refractivity contribution in [1.29, 1.82) is 0 Å². The molecule has 0 radical (unpaired) electrons. The largest absolute Gasteiger partial charge is 0.504 e. The normalized spacial score (nSPS) is 24.7. The zero-order valence-corrected chi connectivity index (χ0v) is 17.7. The Morgan fingerprint density at radius 2 is 2.14 bits per heavy atom. The highest BCUT2D eigenvalue weighted by Gasteiger charge is 2.42. The van der Waals surface area contributed by atoms with Crippen molar-refractivity contribution in [1.82, 2.24) is 9.88 Å². The molecule has 2 aliphatic rings. The van der Waals surface area contributed by atoms with E-state index >= 15 is 0 Å². The summed E-state index contributed by atoms with van der Waals surface area (Å²) >= 11 is 0. The molecule has 6 heteroatoms. The minimum absolute atomic E-state index is 0.105. The maximum absolute atomic E-state index is 12.5. The summed E-state index contributed by atoms with van der Waals surface area (Å²) in [6.07, 6.45) is 4.46. The van der Waals surface area contributed by atoms with Crippen LogP contribution >= 0.6 is 0 Å². The number of fused-ring (bicyclic) bond motifs is 5. The van der Waals surface area contributed by atoms with Crippen LogP contribution in [0.25, 0.3) is 10.9 Å². The van der Waals surface area contributed by atoms with Gasteiger partial charge < -0.3 is 19.2 Å². The third-order valence-electron chi connectivity index (χ3n) is 6.67. The maximum atomic E-state index is 12.5. The molecule has 1 fully saturated rings. The molecule has 3 atom stereocenters. The minimum atomic E-state index is -0.293. The van der Waals surface area contributed by atoms with E-state index in [1.807, 2.05) is 12.1 Å². The average Bonchev–Trinajstić information content (AvgIpc) is 3.15. The number of nitrogens with one attached hydrogen (secondary N) is 1. The molecular formula is C23H30N2O4. The highest BCUT2D eigenvalue weighted by atomic mass is 16.5. The summed E-state index contributed by atoms with van der Waals surface area (Å²) in [4.78, 5) is 18.7. The van der Waals surface area contributed by atoms with Crippen LogP contribution in [0, 0.1) is 11.8 Å². The number of methoxy groups -OCH3 is 3. The lowest BCUT2D eigenvalue weighted by molar-refractivity contribution is -0.137. The van der Waals surface area contributed by atoms with Crippen molar-refractivity contribution in [2.24, 2.45) is 11.8 Å². The van der Waals surface area contributed by atoms with Gasteiger partial charge in [0, 0.05) is 29.7 Å². The molecular weight excluding hydrogens is 368 g/mol. The van der Waals surface area contributed by atoms with Gasteiger partial charge in [0.15, 0.2) is 0 Å². The van der Waals surface area contributed by atoms with Crippen molar-refractivity contribution < 1.29 is 19.0 Å². The number of aromatic amines is 1. The molecule has 0 aliphatic carbocycles. The fourth-order valence-corrected chi connectivity index (χ4v) is 5.28. The molecule has 4 rings (SSSR count). The molecule has 0 saturated carbocycles. The number of nitrogens with zero attached hydrogens (tertiary/aromatic N) is 1. The molecule has 2 aromatic rings. The second kappa shape index (κ2) is 8.11. The number of hydrogen-bond donors (Lipinski definition) is 1. The van der Waals surface area contributed by atoms with E-state index in [9.17, 15) is 4.79 Å². The zero-order chi connectivity index (χ0) is 20.5. The Labute approximate surface area is 171 Å². The Balaban J connectivity index is 1.76. The van der Waals surface area contributed by atoms with E-state index < -0.39 is 0 Å². The van der Waals surface area contributed by atoms with Gasteiger partial charge in [-0.15, -0.1) is 0 Å². The van der Waals surface area contributed by atoms with Crippen LogP contribution in [-0.2, 0) is 20.7 Å². The van der Waals surface area contributed by atoms with Crippen LogP contribution in [0.4, 0.5) is 0 Å². The van der Waals surface area contributed by atoms with Gasteiger partial charge in [0.2, 0.25) is 0 Å². The number of rotatable bonds is 5. The van der Waals surface area contributed by atoms with Gasteiger partial charge in [-0.25, -0.2) is 4.79 Å². The minimum Gasteiger partial charge on any atom is -0.504 e. The van der Waals surface area contributed by atoms with Gasteiger partial charge in [-0.2, -0.15) is 0 Å². The smallest absolute Gasteiger partial charge is 0.337 e. The first-order valence-corrected chi connectivity index (χ1v) is 10.4. The molecule has 0 spiro atoms. The molecule has 0 amide bonds. The summed E-state index contributed by atoms with van der Waals surface area (Å²) in [5.41, 5.74) is 4.37. The summed E-state index contributed by atoms with van der Waals surface area (Å²) in [6, 6.07) is 6.40. The van der Waals surface area contributed by atoms with Crippen LogP contribution in [0.5, 0.6) is 5.75 Å². The van der Waals surface area contributed by atoms with Crippen LogP contribution in [0.15, 0.2) is 30.0 Å². The number of ether oxygens (including phenoxy) is 3. The fraction of sp³-hybridized carbons (Fsp3) is 0.522. The third kappa shape index (κ3) is 3.29. The number of H-pyrrole nitrogens is 1. The van der Waals surface area contributed by atoms with Gasteiger partial charge in [-0.1, -0.05) is 19.4 Å². The van der Waals surface area contributed by atoms with Crippen molar-refractivity contribution in [2.45, 2.75) is 32.2 Å². The predicted octanol–water partition coefficient (Wildman–Crippen LogP) is 3.83. The van der Waals surface area contributed by atoms with Gasteiger partial charge in [0.05, 0.1) is 39.2 Å². The van der Waals surface area contributed by atoms with Crippen molar-refractivity contribution in [3.05, 3.63) is 41.3 Å². The first-order chi connectivity index (χ1) is 14.1.